The van der Waals surface area contributed by atoms with Crippen LogP contribution >= 0.6 is 0 Å². The number of aryl methyl sites for hydroxylation is 1. The largest absolute Gasteiger partial charge is 0.464 e. The number of furan rings is 1. The van der Waals surface area contributed by atoms with E-state index in [9.17, 15) is 0 Å². The molecule has 3 heteroatoms. The lowest BCUT2D eigenvalue weighted by molar-refractivity contribution is 0.199. The minimum absolute atomic E-state index is 0.732. The van der Waals surface area contributed by atoms with Gasteiger partial charge in [-0.25, -0.2) is 0 Å². The van der Waals surface area contributed by atoms with Gasteiger partial charge in [0, 0.05) is 31.1 Å². The number of ether oxygens (including phenoxy) is 1. The lowest BCUT2D eigenvalue weighted by Crippen LogP contribution is -2.18. The van der Waals surface area contributed by atoms with Gasteiger partial charge < -0.3 is 14.5 Å². The molecule has 2 aromatic rings. The van der Waals surface area contributed by atoms with E-state index in [0.29, 0.717) is 0 Å². The molecule has 0 aliphatic carbocycles. The molecule has 0 saturated heterocycles. The van der Waals surface area contributed by atoms with Crippen molar-refractivity contribution in [1.82, 2.24) is 5.32 Å². The van der Waals surface area contributed by atoms with Crippen LogP contribution in [0.1, 0.15) is 18.1 Å². The van der Waals surface area contributed by atoms with E-state index in [-0.39, 0.29) is 0 Å². The summed E-state index contributed by atoms with van der Waals surface area (Å²) in [4.78, 5) is 0. The van der Waals surface area contributed by atoms with Crippen LogP contribution in [0.25, 0.3) is 11.0 Å². The Labute approximate surface area is 102 Å². The zero-order valence-corrected chi connectivity index (χ0v) is 10.5. The van der Waals surface area contributed by atoms with Crippen LogP contribution in [0.3, 0.4) is 0 Å². The summed E-state index contributed by atoms with van der Waals surface area (Å²) in [7, 11) is 1.71. The van der Waals surface area contributed by atoms with Gasteiger partial charge in [-0.1, -0.05) is 13.0 Å². The van der Waals surface area contributed by atoms with Gasteiger partial charge in [0.05, 0.1) is 12.9 Å². The Balaban J connectivity index is 2.11. The van der Waals surface area contributed by atoms with Crippen LogP contribution in [0.5, 0.6) is 0 Å². The molecule has 0 amide bonds. The number of methoxy groups -OCH3 is 1. The Morgan fingerprint density at radius 2 is 2.24 bits per heavy atom. The average Bonchev–Trinajstić information content (AvgIpc) is 2.77. The first-order valence-corrected chi connectivity index (χ1v) is 6.03. The minimum atomic E-state index is 0.732. The average molecular weight is 233 g/mol. The maximum Gasteiger partial charge on any atom is 0.134 e. The molecule has 0 bridgehead atoms. The third-order valence-electron chi connectivity index (χ3n) is 2.92. The zero-order valence-electron chi connectivity index (χ0n) is 10.5. The molecule has 1 heterocycles. The highest BCUT2D eigenvalue weighted by Gasteiger charge is 2.05. The lowest BCUT2D eigenvalue weighted by atomic mass is 10.1. The Morgan fingerprint density at radius 3 is 3.00 bits per heavy atom. The Hall–Kier alpha value is -1.32. The van der Waals surface area contributed by atoms with E-state index < -0.39 is 0 Å². The molecular formula is C14H19NO2. The molecule has 0 spiro atoms. The predicted molar refractivity (Wildman–Crippen MR) is 69.2 cm³/mol. The van der Waals surface area contributed by atoms with Crippen LogP contribution in [0, 0.1) is 0 Å². The number of rotatable bonds is 6. The van der Waals surface area contributed by atoms with Gasteiger partial charge in [-0.2, -0.15) is 0 Å². The van der Waals surface area contributed by atoms with E-state index in [4.69, 9.17) is 9.15 Å². The second-order valence-electron chi connectivity index (χ2n) is 4.11. The van der Waals surface area contributed by atoms with Gasteiger partial charge in [-0.05, 0) is 24.1 Å². The van der Waals surface area contributed by atoms with Gasteiger partial charge in [0.2, 0.25) is 0 Å². The van der Waals surface area contributed by atoms with Crippen LogP contribution in [0.2, 0.25) is 0 Å². The SMILES string of the molecule is CCc1ccc2occ(CNCCOC)c2c1. The summed E-state index contributed by atoms with van der Waals surface area (Å²) in [5.74, 6) is 0. The molecule has 1 aromatic carbocycles. The highest BCUT2D eigenvalue weighted by atomic mass is 16.5. The summed E-state index contributed by atoms with van der Waals surface area (Å²) in [6.07, 6.45) is 2.89. The topological polar surface area (TPSA) is 34.4 Å². The third kappa shape index (κ3) is 2.87. The van der Waals surface area contributed by atoms with Crippen LogP contribution in [-0.4, -0.2) is 20.3 Å². The summed E-state index contributed by atoms with van der Waals surface area (Å²) in [5.41, 5.74) is 3.52. The van der Waals surface area contributed by atoms with E-state index in [2.05, 4.69) is 24.4 Å². The lowest BCUT2D eigenvalue weighted by Gasteiger charge is -2.02. The highest BCUT2D eigenvalue weighted by Crippen LogP contribution is 2.22. The maximum atomic E-state index is 5.53. The molecular weight excluding hydrogens is 214 g/mol. The Kier molecular flexibility index (Phi) is 4.18. The summed E-state index contributed by atoms with van der Waals surface area (Å²) in [5, 5.41) is 4.55. The van der Waals surface area contributed by atoms with E-state index >= 15 is 0 Å². The second kappa shape index (κ2) is 5.84. The molecule has 17 heavy (non-hydrogen) atoms. The molecule has 3 nitrogen and oxygen atoms in total. The van der Waals surface area contributed by atoms with Crippen LogP contribution < -0.4 is 5.32 Å². The second-order valence-corrected chi connectivity index (χ2v) is 4.11. The van der Waals surface area contributed by atoms with Crippen LogP contribution in [0.4, 0.5) is 0 Å². The Morgan fingerprint density at radius 1 is 1.35 bits per heavy atom. The molecule has 0 aliphatic rings. The molecule has 0 fully saturated rings. The van der Waals surface area contributed by atoms with E-state index in [1.54, 1.807) is 7.11 Å². The van der Waals surface area contributed by atoms with Crippen molar-refractivity contribution < 1.29 is 9.15 Å². The van der Waals surface area contributed by atoms with E-state index in [1.165, 1.54) is 16.5 Å². The van der Waals surface area contributed by atoms with Crippen LogP contribution in [0.15, 0.2) is 28.9 Å². The summed E-state index contributed by atoms with van der Waals surface area (Å²) >= 11 is 0. The van der Waals surface area contributed by atoms with Crippen molar-refractivity contribution >= 4 is 11.0 Å². The van der Waals surface area contributed by atoms with Crippen molar-refractivity contribution in [2.24, 2.45) is 0 Å². The number of nitrogens with one attached hydrogen (secondary N) is 1. The van der Waals surface area contributed by atoms with Crippen molar-refractivity contribution in [3.8, 4) is 0 Å². The fraction of sp³-hybridized carbons (Fsp3) is 0.429. The Bertz CT molecular complexity index is 476. The molecule has 2 rings (SSSR count). The monoisotopic (exact) mass is 233 g/mol. The van der Waals surface area contributed by atoms with Gasteiger partial charge in [0.25, 0.3) is 0 Å². The first-order valence-electron chi connectivity index (χ1n) is 6.03. The van der Waals surface area contributed by atoms with Gasteiger partial charge in [0.1, 0.15) is 5.58 Å². The fourth-order valence-electron chi connectivity index (χ4n) is 1.88. The molecule has 1 aromatic heterocycles. The van der Waals surface area contributed by atoms with Crippen molar-refractivity contribution in [1.29, 1.82) is 0 Å². The first-order chi connectivity index (χ1) is 8.35. The first kappa shape index (κ1) is 12.1. The molecule has 92 valence electrons. The van der Waals surface area contributed by atoms with Crippen molar-refractivity contribution in [2.45, 2.75) is 19.9 Å². The summed E-state index contributed by atoms with van der Waals surface area (Å²) < 4.78 is 10.5. The molecule has 0 saturated carbocycles. The third-order valence-corrected chi connectivity index (χ3v) is 2.92. The molecule has 1 N–H and O–H groups in total. The maximum absolute atomic E-state index is 5.53. The van der Waals surface area contributed by atoms with Crippen molar-refractivity contribution in [3.05, 3.63) is 35.6 Å². The number of hydrogen-bond acceptors (Lipinski definition) is 3. The van der Waals surface area contributed by atoms with E-state index in [1.807, 2.05) is 12.3 Å². The molecule has 0 aliphatic heterocycles. The highest BCUT2D eigenvalue weighted by molar-refractivity contribution is 5.81. The molecule has 0 atom stereocenters. The fourth-order valence-corrected chi connectivity index (χ4v) is 1.88. The molecule has 0 radical (unpaired) electrons. The summed E-state index contributed by atoms with van der Waals surface area (Å²) in [6.45, 7) is 4.58. The van der Waals surface area contributed by atoms with Gasteiger partial charge >= 0.3 is 0 Å². The van der Waals surface area contributed by atoms with E-state index in [0.717, 1.165) is 31.7 Å². The number of benzene rings is 1. The standard InChI is InChI=1S/C14H19NO2/c1-3-11-4-5-14-13(8-11)12(10-17-14)9-15-6-7-16-2/h4-5,8,10,15H,3,6-7,9H2,1-2H3. The number of fused-ring (bicyclic) bond motifs is 1. The number of hydrogen-bond donors (Lipinski definition) is 1. The van der Waals surface area contributed by atoms with Gasteiger partial charge in [0.15, 0.2) is 0 Å². The van der Waals surface area contributed by atoms with Gasteiger partial charge in [-0.15, -0.1) is 0 Å². The van der Waals surface area contributed by atoms with Crippen molar-refractivity contribution in [3.63, 3.8) is 0 Å². The quantitative estimate of drug-likeness (QED) is 0.779. The summed E-state index contributed by atoms with van der Waals surface area (Å²) in [6, 6.07) is 6.38. The smallest absolute Gasteiger partial charge is 0.134 e. The minimum Gasteiger partial charge on any atom is -0.464 e. The zero-order chi connectivity index (χ0) is 12.1. The predicted octanol–water partition coefficient (Wildman–Crippen LogP) is 2.73. The normalized spacial score (nSPS) is 11.2. The van der Waals surface area contributed by atoms with Gasteiger partial charge in [-0.3, -0.25) is 0 Å². The van der Waals surface area contributed by atoms with Crippen molar-refractivity contribution in [2.75, 3.05) is 20.3 Å². The molecule has 0 unspecified atom stereocenters. The van der Waals surface area contributed by atoms with Crippen LogP contribution in [-0.2, 0) is 17.7 Å².